The Hall–Kier alpha value is -3.55. The minimum absolute atomic E-state index is 0.00374. The predicted molar refractivity (Wildman–Crippen MR) is 156 cm³/mol. The third-order valence-corrected chi connectivity index (χ3v) is 9.32. The number of benzene rings is 2. The summed E-state index contributed by atoms with van der Waals surface area (Å²) < 4.78 is 34.2. The first-order chi connectivity index (χ1) is 19.3. The summed E-state index contributed by atoms with van der Waals surface area (Å²) in [5.74, 6) is 0.365. The average Bonchev–Trinajstić information content (AvgIpc) is 3.40. The van der Waals surface area contributed by atoms with Crippen LogP contribution in [0.5, 0.6) is 5.75 Å². The van der Waals surface area contributed by atoms with E-state index in [0.717, 1.165) is 22.1 Å². The van der Waals surface area contributed by atoms with Gasteiger partial charge in [0.25, 0.3) is 5.91 Å². The van der Waals surface area contributed by atoms with Crippen LogP contribution in [0.25, 0.3) is 10.2 Å². The minimum Gasteiger partial charge on any atom is -0.492 e. The van der Waals surface area contributed by atoms with E-state index in [2.05, 4.69) is 18.7 Å². The number of rotatable bonds is 15. The molecule has 3 rings (SSSR count). The number of nitrogens with zero attached hydrogens (tertiary/aromatic N) is 6. The molecule has 212 valence electrons. The molecule has 0 aliphatic heterocycles. The highest BCUT2D eigenvalue weighted by Crippen LogP contribution is 2.35. The normalized spacial score (nSPS) is 11.5. The zero-order valence-electron chi connectivity index (χ0n) is 23.0. The summed E-state index contributed by atoms with van der Waals surface area (Å²) in [5, 5.41) is 18.4. The van der Waals surface area contributed by atoms with E-state index in [1.54, 1.807) is 4.90 Å². The second-order valence-corrected chi connectivity index (χ2v) is 11.7. The van der Waals surface area contributed by atoms with Crippen LogP contribution in [0.15, 0.2) is 47.4 Å². The zero-order chi connectivity index (χ0) is 29.1. The summed E-state index contributed by atoms with van der Waals surface area (Å²) in [7, 11) is -3.94. The largest absolute Gasteiger partial charge is 0.492 e. The molecule has 0 radical (unpaired) electrons. The van der Waals surface area contributed by atoms with Crippen LogP contribution in [0, 0.1) is 22.7 Å². The lowest BCUT2D eigenvalue weighted by Gasteiger charge is -2.25. The maximum atomic E-state index is 13.8. The number of aromatic nitrogens is 1. The second-order valence-electron chi connectivity index (χ2n) is 8.76. The lowest BCUT2D eigenvalue weighted by atomic mass is 10.2. The highest BCUT2D eigenvalue weighted by atomic mass is 32.2. The molecule has 0 saturated carbocycles. The number of fused-ring (bicyclic) bond motifs is 1. The quantitative estimate of drug-likeness (QED) is 0.256. The molecule has 10 nitrogen and oxygen atoms in total. The molecule has 0 spiro atoms. The first-order valence-corrected chi connectivity index (χ1v) is 15.5. The Morgan fingerprint density at radius 2 is 1.60 bits per heavy atom. The van der Waals surface area contributed by atoms with Crippen LogP contribution < -0.4 is 9.64 Å². The topological polar surface area (TPSA) is 131 Å². The van der Waals surface area contributed by atoms with Crippen molar-refractivity contribution >= 4 is 42.6 Å². The zero-order valence-corrected chi connectivity index (χ0v) is 24.7. The Balaban J connectivity index is 1.95. The van der Waals surface area contributed by atoms with Crippen molar-refractivity contribution in [2.75, 3.05) is 50.8 Å². The molecule has 1 aromatic heterocycles. The third kappa shape index (κ3) is 7.34. The van der Waals surface area contributed by atoms with Crippen LogP contribution in [-0.4, -0.2) is 74.4 Å². The first kappa shape index (κ1) is 31.0. The number of sulfonamides is 1. The van der Waals surface area contributed by atoms with Crippen LogP contribution in [0.1, 0.15) is 44.0 Å². The van der Waals surface area contributed by atoms with Gasteiger partial charge in [0, 0.05) is 44.6 Å². The van der Waals surface area contributed by atoms with E-state index in [-0.39, 0.29) is 36.7 Å². The van der Waals surface area contributed by atoms with Crippen molar-refractivity contribution in [3.8, 4) is 17.9 Å². The van der Waals surface area contributed by atoms with E-state index in [9.17, 15) is 13.2 Å². The van der Waals surface area contributed by atoms with Gasteiger partial charge >= 0.3 is 0 Å². The molecule has 1 heterocycles. The Kier molecular flexibility index (Phi) is 11.4. The number of hydrogen-bond donors (Lipinski definition) is 0. The molecule has 0 N–H and O–H groups in total. The number of thiazole rings is 1. The molecular formula is C28H34N6O4S2. The summed E-state index contributed by atoms with van der Waals surface area (Å²) in [6.45, 7) is 9.24. The van der Waals surface area contributed by atoms with Crippen molar-refractivity contribution in [2.45, 2.75) is 38.5 Å². The third-order valence-electron chi connectivity index (χ3n) is 6.37. The minimum atomic E-state index is -3.94. The van der Waals surface area contributed by atoms with E-state index in [1.165, 1.54) is 35.6 Å². The predicted octanol–water partition coefficient (Wildman–Crippen LogP) is 4.50. The molecule has 0 aliphatic carbocycles. The number of likely N-dealkylation sites (N-methyl/N-ethyl adjacent to an activating group) is 1. The van der Waals surface area contributed by atoms with Crippen molar-refractivity contribution in [3.63, 3.8) is 0 Å². The maximum Gasteiger partial charge on any atom is 0.260 e. The summed E-state index contributed by atoms with van der Waals surface area (Å²) in [5.41, 5.74) is 1.02. The molecule has 0 bridgehead atoms. The SMILES string of the molecule is CCOc1cccc2sc(N(CCN(CC)CC)C(=O)c3ccc(S(=O)(=O)N(CCC#N)CCC#N)cc3)nc12. The fourth-order valence-corrected chi connectivity index (χ4v) is 6.59. The summed E-state index contributed by atoms with van der Waals surface area (Å²) >= 11 is 1.40. The fourth-order valence-electron chi connectivity index (χ4n) is 4.14. The van der Waals surface area contributed by atoms with Gasteiger partial charge in [-0.15, -0.1) is 0 Å². The Bertz CT molecular complexity index is 1450. The summed E-state index contributed by atoms with van der Waals surface area (Å²) in [6, 6.07) is 15.3. The van der Waals surface area contributed by atoms with Crippen molar-refractivity contribution in [3.05, 3.63) is 48.0 Å². The van der Waals surface area contributed by atoms with Gasteiger partial charge in [-0.25, -0.2) is 13.4 Å². The van der Waals surface area contributed by atoms with Crippen LogP contribution in [0.3, 0.4) is 0 Å². The molecule has 2 aromatic carbocycles. The van der Waals surface area contributed by atoms with E-state index < -0.39 is 10.0 Å². The smallest absolute Gasteiger partial charge is 0.260 e. The molecule has 0 fully saturated rings. The number of nitriles is 2. The lowest BCUT2D eigenvalue weighted by molar-refractivity contribution is 0.0983. The number of ether oxygens (including phenoxy) is 1. The van der Waals surface area contributed by atoms with Gasteiger partial charge in [0.2, 0.25) is 10.0 Å². The molecule has 0 atom stereocenters. The molecule has 3 aromatic rings. The van der Waals surface area contributed by atoms with Crippen molar-refractivity contribution in [1.82, 2.24) is 14.2 Å². The van der Waals surface area contributed by atoms with Crippen molar-refractivity contribution < 1.29 is 17.9 Å². The molecule has 1 amide bonds. The number of para-hydroxylation sites is 1. The van der Waals surface area contributed by atoms with E-state index in [1.807, 2.05) is 37.3 Å². The van der Waals surface area contributed by atoms with Gasteiger partial charge in [-0.2, -0.15) is 14.8 Å². The lowest BCUT2D eigenvalue weighted by Crippen LogP contribution is -2.39. The van der Waals surface area contributed by atoms with E-state index in [4.69, 9.17) is 20.2 Å². The van der Waals surface area contributed by atoms with Crippen LogP contribution in [0.2, 0.25) is 0 Å². The summed E-state index contributed by atoms with van der Waals surface area (Å²) in [4.78, 5) is 22.4. The van der Waals surface area contributed by atoms with Gasteiger partial charge in [0.05, 0.1) is 28.3 Å². The number of carbonyl (C=O) groups excluding carboxylic acids is 1. The first-order valence-electron chi connectivity index (χ1n) is 13.2. The molecule has 0 saturated heterocycles. The van der Waals surface area contributed by atoms with Gasteiger partial charge in [-0.05, 0) is 56.4 Å². The molecule has 40 heavy (non-hydrogen) atoms. The fraction of sp³-hybridized carbons (Fsp3) is 0.429. The Labute approximate surface area is 240 Å². The molecule has 0 aliphatic rings. The molecule has 12 heteroatoms. The van der Waals surface area contributed by atoms with Crippen LogP contribution >= 0.6 is 11.3 Å². The van der Waals surface area contributed by atoms with Gasteiger partial charge < -0.3 is 9.64 Å². The monoisotopic (exact) mass is 582 g/mol. The Morgan fingerprint density at radius 3 is 2.17 bits per heavy atom. The van der Waals surface area contributed by atoms with E-state index >= 15 is 0 Å². The van der Waals surface area contributed by atoms with Gasteiger partial charge in [0.1, 0.15) is 11.3 Å². The number of anilines is 1. The Morgan fingerprint density at radius 1 is 0.950 bits per heavy atom. The van der Waals surface area contributed by atoms with Crippen molar-refractivity contribution in [2.24, 2.45) is 0 Å². The van der Waals surface area contributed by atoms with Crippen LogP contribution in [-0.2, 0) is 10.0 Å². The van der Waals surface area contributed by atoms with E-state index in [0.29, 0.717) is 41.7 Å². The number of carbonyl (C=O) groups is 1. The summed E-state index contributed by atoms with van der Waals surface area (Å²) in [6.07, 6.45) is 0.0196. The van der Waals surface area contributed by atoms with Crippen LogP contribution in [0.4, 0.5) is 5.13 Å². The average molecular weight is 583 g/mol. The van der Waals surface area contributed by atoms with Crippen molar-refractivity contribution in [1.29, 1.82) is 10.5 Å². The number of amides is 1. The molecular weight excluding hydrogens is 548 g/mol. The van der Waals surface area contributed by atoms with Gasteiger partial charge in [0.15, 0.2) is 5.13 Å². The van der Waals surface area contributed by atoms with Gasteiger partial charge in [-0.1, -0.05) is 31.3 Å². The second kappa shape index (κ2) is 14.7. The highest BCUT2D eigenvalue weighted by Gasteiger charge is 2.26. The molecule has 0 unspecified atom stereocenters. The van der Waals surface area contributed by atoms with Gasteiger partial charge in [-0.3, -0.25) is 9.69 Å². The standard InChI is InChI=1S/C28H34N6O4S2/c1-4-32(5-2)20-21-34(28-31-26-24(38-6-3)10-7-11-25(26)39-28)27(35)22-12-14-23(15-13-22)40(36,37)33(18-8-16-29)19-9-17-30/h7,10-15H,4-6,8-9,18-21H2,1-3H3. The highest BCUT2D eigenvalue weighted by molar-refractivity contribution is 7.89. The number of hydrogen-bond acceptors (Lipinski definition) is 9. The maximum absolute atomic E-state index is 13.8.